The number of nitrogens with zero attached hydrogens (tertiary/aromatic N) is 2. The largest absolute Gasteiger partial charge is 0.435 e. The molecular weight excluding hydrogens is 287 g/mol. The predicted molar refractivity (Wildman–Crippen MR) is 63.1 cm³/mol. The van der Waals surface area contributed by atoms with E-state index in [9.17, 15) is 4.39 Å². The Kier molecular flexibility index (Phi) is 3.35. The maximum Gasteiger partial charge on any atom is 0.237 e. The monoisotopic (exact) mass is 292 g/mol. The second kappa shape index (κ2) is 4.93. The SMILES string of the molecule is N#Cc1cccnc1Oc1ccc(Br)cc1F. The van der Waals surface area contributed by atoms with E-state index >= 15 is 0 Å². The summed E-state index contributed by atoms with van der Waals surface area (Å²) >= 11 is 3.15. The fourth-order valence-electron chi connectivity index (χ4n) is 1.22. The number of halogens is 2. The van der Waals surface area contributed by atoms with Gasteiger partial charge < -0.3 is 4.74 Å². The maximum absolute atomic E-state index is 13.5. The molecule has 1 aromatic carbocycles. The molecule has 0 saturated carbocycles. The number of aromatic nitrogens is 1. The zero-order valence-electron chi connectivity index (χ0n) is 8.52. The molecule has 0 aliphatic heterocycles. The van der Waals surface area contributed by atoms with Gasteiger partial charge in [-0.15, -0.1) is 0 Å². The van der Waals surface area contributed by atoms with Gasteiger partial charge in [0.2, 0.25) is 5.88 Å². The molecule has 5 heteroatoms. The number of hydrogen-bond donors (Lipinski definition) is 0. The number of ether oxygens (including phenoxy) is 1. The molecule has 0 aliphatic rings. The summed E-state index contributed by atoms with van der Waals surface area (Å²) in [6.07, 6.45) is 1.48. The molecule has 2 rings (SSSR count). The lowest BCUT2D eigenvalue weighted by molar-refractivity contribution is 0.426. The van der Waals surface area contributed by atoms with Crippen LogP contribution in [0.25, 0.3) is 0 Å². The lowest BCUT2D eigenvalue weighted by Gasteiger charge is -2.06. The lowest BCUT2D eigenvalue weighted by atomic mass is 10.3. The van der Waals surface area contributed by atoms with E-state index in [0.29, 0.717) is 4.47 Å². The first kappa shape index (κ1) is 11.6. The van der Waals surface area contributed by atoms with Crippen molar-refractivity contribution in [3.63, 3.8) is 0 Å². The van der Waals surface area contributed by atoms with Crippen LogP contribution in [0.3, 0.4) is 0 Å². The molecular formula is C12H6BrFN2O. The highest BCUT2D eigenvalue weighted by atomic mass is 79.9. The number of pyridine rings is 1. The predicted octanol–water partition coefficient (Wildman–Crippen LogP) is 3.65. The number of benzene rings is 1. The summed E-state index contributed by atoms with van der Waals surface area (Å²) in [5.74, 6) is -0.395. The minimum absolute atomic E-state index is 0.0309. The van der Waals surface area contributed by atoms with E-state index in [1.807, 2.05) is 6.07 Å². The molecule has 0 aliphatic carbocycles. The van der Waals surface area contributed by atoms with Gasteiger partial charge >= 0.3 is 0 Å². The van der Waals surface area contributed by atoms with Crippen molar-refractivity contribution in [1.29, 1.82) is 5.26 Å². The van der Waals surface area contributed by atoms with Crippen LogP contribution in [0.5, 0.6) is 11.6 Å². The van der Waals surface area contributed by atoms with Crippen LogP contribution in [-0.4, -0.2) is 4.98 Å². The Morgan fingerprint density at radius 1 is 1.35 bits per heavy atom. The Bertz CT molecular complexity index is 595. The molecule has 0 fully saturated rings. The van der Waals surface area contributed by atoms with Crippen LogP contribution in [-0.2, 0) is 0 Å². The van der Waals surface area contributed by atoms with Gasteiger partial charge in [0.25, 0.3) is 0 Å². The Morgan fingerprint density at radius 3 is 2.88 bits per heavy atom. The third-order valence-electron chi connectivity index (χ3n) is 1.99. The highest BCUT2D eigenvalue weighted by molar-refractivity contribution is 9.10. The van der Waals surface area contributed by atoms with Gasteiger partial charge in [0.15, 0.2) is 11.6 Å². The first-order chi connectivity index (χ1) is 8.20. The first-order valence-corrected chi connectivity index (χ1v) is 5.48. The highest BCUT2D eigenvalue weighted by Gasteiger charge is 2.09. The standard InChI is InChI=1S/C12H6BrFN2O/c13-9-3-4-11(10(14)6-9)17-12-8(7-15)2-1-5-16-12/h1-6H. The minimum atomic E-state index is -0.520. The molecule has 0 spiro atoms. The fraction of sp³-hybridized carbons (Fsp3) is 0. The van der Waals surface area contributed by atoms with Crippen LogP contribution < -0.4 is 4.74 Å². The molecule has 0 saturated heterocycles. The summed E-state index contributed by atoms with van der Waals surface area (Å²) in [5.41, 5.74) is 0.259. The van der Waals surface area contributed by atoms with Crippen LogP contribution in [0, 0.1) is 17.1 Å². The van der Waals surface area contributed by atoms with E-state index in [1.54, 1.807) is 18.2 Å². The zero-order chi connectivity index (χ0) is 12.3. The minimum Gasteiger partial charge on any atom is -0.435 e. The number of nitriles is 1. The van der Waals surface area contributed by atoms with E-state index in [4.69, 9.17) is 10.00 Å². The number of rotatable bonds is 2. The second-order valence-corrected chi connectivity index (χ2v) is 4.06. The van der Waals surface area contributed by atoms with Crippen LogP contribution in [0.2, 0.25) is 0 Å². The third-order valence-corrected chi connectivity index (χ3v) is 2.49. The van der Waals surface area contributed by atoms with Crippen LogP contribution >= 0.6 is 15.9 Å². The van der Waals surface area contributed by atoms with Gasteiger partial charge in [-0.2, -0.15) is 5.26 Å². The van der Waals surface area contributed by atoms with E-state index in [2.05, 4.69) is 20.9 Å². The molecule has 0 atom stereocenters. The Labute approximate surface area is 106 Å². The van der Waals surface area contributed by atoms with Crippen molar-refractivity contribution >= 4 is 15.9 Å². The molecule has 0 amide bonds. The average molecular weight is 293 g/mol. The molecule has 0 N–H and O–H groups in total. The quantitative estimate of drug-likeness (QED) is 0.849. The van der Waals surface area contributed by atoms with E-state index < -0.39 is 5.82 Å². The van der Waals surface area contributed by atoms with Crippen molar-refractivity contribution in [1.82, 2.24) is 4.98 Å². The molecule has 3 nitrogen and oxygen atoms in total. The van der Waals surface area contributed by atoms with Crippen molar-refractivity contribution in [2.24, 2.45) is 0 Å². The summed E-state index contributed by atoms with van der Waals surface area (Å²) in [5, 5.41) is 8.84. The van der Waals surface area contributed by atoms with Gasteiger partial charge in [-0.3, -0.25) is 0 Å². The number of hydrogen-bond acceptors (Lipinski definition) is 3. The third kappa shape index (κ3) is 2.60. The molecule has 0 unspecified atom stereocenters. The summed E-state index contributed by atoms with van der Waals surface area (Å²) in [4.78, 5) is 3.89. The van der Waals surface area contributed by atoms with Crippen molar-refractivity contribution in [3.8, 4) is 17.7 Å². The van der Waals surface area contributed by atoms with Crippen molar-refractivity contribution in [2.75, 3.05) is 0 Å². The molecule has 1 aromatic heterocycles. The van der Waals surface area contributed by atoms with Gasteiger partial charge in [0.1, 0.15) is 11.6 Å². The lowest BCUT2D eigenvalue weighted by Crippen LogP contribution is -1.93. The van der Waals surface area contributed by atoms with Crippen molar-refractivity contribution in [3.05, 3.63) is 52.4 Å². The van der Waals surface area contributed by atoms with Crippen molar-refractivity contribution < 1.29 is 9.13 Å². The van der Waals surface area contributed by atoms with Gasteiger partial charge in [0, 0.05) is 10.7 Å². The Balaban J connectivity index is 2.35. The van der Waals surface area contributed by atoms with Gasteiger partial charge in [-0.25, -0.2) is 9.37 Å². The normalized spacial score (nSPS) is 9.71. The second-order valence-electron chi connectivity index (χ2n) is 3.14. The molecule has 17 heavy (non-hydrogen) atoms. The topological polar surface area (TPSA) is 45.9 Å². The van der Waals surface area contributed by atoms with Crippen molar-refractivity contribution in [2.45, 2.75) is 0 Å². The molecule has 1 heterocycles. The molecule has 84 valence electrons. The van der Waals surface area contributed by atoms with Crippen LogP contribution in [0.15, 0.2) is 41.0 Å². The zero-order valence-corrected chi connectivity index (χ0v) is 10.1. The van der Waals surface area contributed by atoms with E-state index in [1.165, 1.54) is 18.3 Å². The smallest absolute Gasteiger partial charge is 0.237 e. The first-order valence-electron chi connectivity index (χ1n) is 4.69. The van der Waals surface area contributed by atoms with E-state index in [0.717, 1.165) is 0 Å². The van der Waals surface area contributed by atoms with Gasteiger partial charge in [0.05, 0.1) is 0 Å². The fourth-order valence-corrected chi connectivity index (χ4v) is 1.55. The highest BCUT2D eigenvalue weighted by Crippen LogP contribution is 2.27. The maximum atomic E-state index is 13.5. The summed E-state index contributed by atoms with van der Waals surface area (Å²) in [6.45, 7) is 0. The van der Waals surface area contributed by atoms with Gasteiger partial charge in [-0.05, 0) is 30.3 Å². The average Bonchev–Trinajstić information content (AvgIpc) is 2.33. The Morgan fingerprint density at radius 2 is 2.18 bits per heavy atom. The summed E-state index contributed by atoms with van der Waals surface area (Å²) < 4.78 is 19.4. The Hall–Kier alpha value is -1.93. The van der Waals surface area contributed by atoms with Crippen LogP contribution in [0.1, 0.15) is 5.56 Å². The van der Waals surface area contributed by atoms with E-state index in [-0.39, 0.29) is 17.2 Å². The van der Waals surface area contributed by atoms with Gasteiger partial charge in [-0.1, -0.05) is 15.9 Å². The summed E-state index contributed by atoms with van der Waals surface area (Å²) in [7, 11) is 0. The molecule has 0 bridgehead atoms. The molecule has 2 aromatic rings. The molecule has 0 radical (unpaired) electrons. The van der Waals surface area contributed by atoms with Crippen LogP contribution in [0.4, 0.5) is 4.39 Å². The summed E-state index contributed by atoms with van der Waals surface area (Å²) in [6, 6.07) is 9.49.